The number of carbonyl (C=O) groups excluding carboxylic acids is 1. The third kappa shape index (κ3) is 4.28. The van der Waals surface area contributed by atoms with Crippen molar-refractivity contribution in [1.29, 1.82) is 0 Å². The van der Waals surface area contributed by atoms with Gasteiger partial charge in [-0.2, -0.15) is 23.0 Å². The van der Waals surface area contributed by atoms with Gasteiger partial charge in [0.25, 0.3) is 11.8 Å². The van der Waals surface area contributed by atoms with Gasteiger partial charge in [-0.05, 0) is 35.0 Å². The van der Waals surface area contributed by atoms with Crippen molar-refractivity contribution in [1.82, 2.24) is 24.5 Å². The van der Waals surface area contributed by atoms with E-state index in [0.717, 1.165) is 27.7 Å². The summed E-state index contributed by atoms with van der Waals surface area (Å²) in [6.45, 7) is 0. The molecule has 5 aromatic rings. The molecule has 0 bridgehead atoms. The maximum atomic E-state index is 13.6. The zero-order valence-electron chi connectivity index (χ0n) is 17.9. The maximum absolute atomic E-state index is 13.6. The van der Waals surface area contributed by atoms with Crippen LogP contribution in [0.2, 0.25) is 0 Å². The molecular weight excluding hydrogens is 465 g/mol. The number of halogens is 3. The van der Waals surface area contributed by atoms with Crippen LogP contribution in [0.4, 0.5) is 19.0 Å². The van der Waals surface area contributed by atoms with Crippen LogP contribution in [0, 0.1) is 0 Å². The smallest absolute Gasteiger partial charge is 0.386 e. The summed E-state index contributed by atoms with van der Waals surface area (Å²) < 4.78 is 47.2. The number of aromatic nitrogens is 5. The first-order valence-electron chi connectivity index (χ1n) is 10.2. The topological polar surface area (TPSA) is 108 Å². The first-order valence-corrected chi connectivity index (χ1v) is 10.2. The van der Waals surface area contributed by atoms with E-state index >= 15 is 0 Å². The monoisotopic (exact) mass is 480 g/mol. The minimum atomic E-state index is -4.76. The van der Waals surface area contributed by atoms with E-state index in [1.165, 1.54) is 19.2 Å². The average Bonchev–Trinajstić information content (AvgIpc) is 3.43. The van der Waals surface area contributed by atoms with E-state index in [1.54, 1.807) is 12.1 Å². The summed E-state index contributed by atoms with van der Waals surface area (Å²) in [5, 5.41) is 12.1. The lowest BCUT2D eigenvalue weighted by Crippen LogP contribution is -2.15. The second kappa shape index (κ2) is 8.24. The van der Waals surface area contributed by atoms with Crippen LogP contribution in [-0.4, -0.2) is 30.5 Å². The van der Waals surface area contributed by atoms with Gasteiger partial charge in [-0.3, -0.25) is 4.79 Å². The van der Waals surface area contributed by atoms with Gasteiger partial charge in [-0.25, -0.2) is 14.5 Å². The van der Waals surface area contributed by atoms with Crippen LogP contribution in [0.15, 0.2) is 76.1 Å². The highest BCUT2D eigenvalue weighted by molar-refractivity contribution is 6.06. The molecule has 0 radical (unpaired) electrons. The Labute approximate surface area is 194 Å². The lowest BCUT2D eigenvalue weighted by atomic mass is 10.1. The van der Waals surface area contributed by atoms with Crippen molar-refractivity contribution in [3.8, 4) is 17.3 Å². The Balaban J connectivity index is 1.42. The minimum Gasteiger partial charge on any atom is -0.386 e. The number of pyridine rings is 1. The number of alkyl halides is 3. The normalized spacial score (nSPS) is 11.7. The summed E-state index contributed by atoms with van der Waals surface area (Å²) in [5.74, 6) is -1.47. The molecule has 9 nitrogen and oxygen atoms in total. The van der Waals surface area contributed by atoms with E-state index in [-0.39, 0.29) is 23.1 Å². The van der Waals surface area contributed by atoms with Gasteiger partial charge in [0.15, 0.2) is 5.69 Å². The van der Waals surface area contributed by atoms with Crippen LogP contribution >= 0.6 is 0 Å². The van der Waals surface area contributed by atoms with Crippen molar-refractivity contribution in [2.24, 2.45) is 7.05 Å². The Bertz CT molecular complexity index is 1620. The standard InChI is InChI=1S/C23H15F3N6O3/c1-31-22(34)35-21(30-31)17-11-18(23(24,25)26)32(29-17)16-8-9-19(27-12-16)28-20(33)15-7-6-13-4-2-3-5-14(13)10-15/h2-12H,1H3,(H,27,28,33). The number of nitrogens with one attached hydrogen (secondary N) is 1. The zero-order valence-corrected chi connectivity index (χ0v) is 17.9. The molecule has 0 aliphatic rings. The summed E-state index contributed by atoms with van der Waals surface area (Å²) in [5.41, 5.74) is -1.01. The third-order valence-electron chi connectivity index (χ3n) is 5.15. The van der Waals surface area contributed by atoms with E-state index in [2.05, 4.69) is 20.5 Å². The fourth-order valence-corrected chi connectivity index (χ4v) is 3.44. The van der Waals surface area contributed by atoms with E-state index in [9.17, 15) is 22.8 Å². The van der Waals surface area contributed by atoms with E-state index < -0.39 is 23.5 Å². The number of hydrogen-bond donors (Lipinski definition) is 1. The number of aryl methyl sites for hydroxylation is 1. The van der Waals surface area contributed by atoms with Gasteiger partial charge < -0.3 is 9.73 Å². The lowest BCUT2D eigenvalue weighted by Gasteiger charge is -2.10. The first-order chi connectivity index (χ1) is 16.7. The average molecular weight is 480 g/mol. The highest BCUT2D eigenvalue weighted by Gasteiger charge is 2.37. The number of hydrogen-bond acceptors (Lipinski definition) is 6. The van der Waals surface area contributed by atoms with Crippen LogP contribution in [0.5, 0.6) is 0 Å². The van der Waals surface area contributed by atoms with Gasteiger partial charge in [0, 0.05) is 18.7 Å². The maximum Gasteiger partial charge on any atom is 0.437 e. The molecule has 0 fully saturated rings. The van der Waals surface area contributed by atoms with Gasteiger partial charge in [0.1, 0.15) is 11.5 Å². The number of nitrogens with zero attached hydrogens (tertiary/aromatic N) is 5. The number of anilines is 1. The van der Waals surface area contributed by atoms with Crippen LogP contribution in [0.1, 0.15) is 16.1 Å². The highest BCUT2D eigenvalue weighted by atomic mass is 19.4. The quantitative estimate of drug-likeness (QED) is 0.416. The third-order valence-corrected chi connectivity index (χ3v) is 5.15. The van der Waals surface area contributed by atoms with Crippen LogP contribution in [0.3, 0.4) is 0 Å². The molecule has 2 aromatic carbocycles. The van der Waals surface area contributed by atoms with Gasteiger partial charge in [0.05, 0.1) is 11.9 Å². The number of fused-ring (bicyclic) bond motifs is 1. The molecular formula is C23H15F3N6O3. The van der Waals surface area contributed by atoms with Gasteiger partial charge in [-0.15, -0.1) is 5.10 Å². The summed E-state index contributed by atoms with van der Waals surface area (Å²) in [4.78, 5) is 28.2. The predicted molar refractivity (Wildman–Crippen MR) is 119 cm³/mol. The van der Waals surface area contributed by atoms with Gasteiger partial charge in [-0.1, -0.05) is 30.3 Å². The molecule has 1 N–H and O–H groups in total. The summed E-state index contributed by atoms with van der Waals surface area (Å²) in [6, 6.07) is 16.2. The molecule has 12 heteroatoms. The van der Waals surface area contributed by atoms with Crippen LogP contribution in [0.25, 0.3) is 28.0 Å². The van der Waals surface area contributed by atoms with Crippen LogP contribution in [-0.2, 0) is 13.2 Å². The lowest BCUT2D eigenvalue weighted by molar-refractivity contribution is -0.142. The molecule has 0 aliphatic heterocycles. The Morgan fingerprint density at radius 3 is 2.43 bits per heavy atom. The van der Waals surface area contributed by atoms with Crippen molar-refractivity contribution >= 4 is 22.5 Å². The van der Waals surface area contributed by atoms with E-state index in [1.807, 2.05) is 30.3 Å². The molecule has 176 valence electrons. The van der Waals surface area contributed by atoms with Crippen LogP contribution < -0.4 is 11.1 Å². The van der Waals surface area contributed by atoms with Crippen molar-refractivity contribution in [2.45, 2.75) is 6.18 Å². The Morgan fingerprint density at radius 1 is 1.00 bits per heavy atom. The van der Waals surface area contributed by atoms with Crippen molar-refractivity contribution < 1.29 is 22.4 Å². The van der Waals surface area contributed by atoms with Crippen molar-refractivity contribution in [3.05, 3.63) is 88.7 Å². The molecule has 0 spiro atoms. The molecule has 0 aliphatic carbocycles. The number of amides is 1. The largest absolute Gasteiger partial charge is 0.437 e. The molecule has 1 amide bonds. The molecule has 0 unspecified atom stereocenters. The van der Waals surface area contributed by atoms with E-state index in [0.29, 0.717) is 10.2 Å². The van der Waals surface area contributed by atoms with Crippen molar-refractivity contribution in [3.63, 3.8) is 0 Å². The van der Waals surface area contributed by atoms with Gasteiger partial charge in [0.2, 0.25) is 0 Å². The number of rotatable bonds is 4. The second-order valence-corrected chi connectivity index (χ2v) is 7.54. The Hall–Kier alpha value is -4.74. The predicted octanol–water partition coefficient (Wildman–Crippen LogP) is 4.05. The molecule has 5 rings (SSSR count). The Kier molecular flexibility index (Phi) is 5.20. The fraction of sp³-hybridized carbons (Fsp3) is 0.0870. The zero-order chi connectivity index (χ0) is 24.7. The minimum absolute atomic E-state index is 0.0226. The first kappa shape index (κ1) is 22.1. The summed E-state index contributed by atoms with van der Waals surface area (Å²) in [6.07, 6.45) is -3.63. The fourth-order valence-electron chi connectivity index (χ4n) is 3.44. The molecule has 35 heavy (non-hydrogen) atoms. The molecule has 0 saturated carbocycles. The highest BCUT2D eigenvalue weighted by Crippen LogP contribution is 2.33. The molecule has 3 heterocycles. The summed E-state index contributed by atoms with van der Waals surface area (Å²) in [7, 11) is 1.30. The molecule has 3 aromatic heterocycles. The number of benzene rings is 2. The summed E-state index contributed by atoms with van der Waals surface area (Å²) >= 11 is 0. The van der Waals surface area contributed by atoms with Crippen molar-refractivity contribution in [2.75, 3.05) is 5.32 Å². The molecule has 0 atom stereocenters. The SMILES string of the molecule is Cn1nc(-c2cc(C(F)(F)F)n(-c3ccc(NC(=O)c4ccc5ccccc5c4)nc3)n2)oc1=O. The Morgan fingerprint density at radius 2 is 1.77 bits per heavy atom. The number of carbonyl (C=O) groups is 1. The van der Waals surface area contributed by atoms with E-state index in [4.69, 9.17) is 4.42 Å². The second-order valence-electron chi connectivity index (χ2n) is 7.54. The molecule has 0 saturated heterocycles. The van der Waals surface area contributed by atoms with Gasteiger partial charge >= 0.3 is 11.9 Å².